The molecule has 1 heterocycles. The van der Waals surface area contributed by atoms with Crippen molar-refractivity contribution in [3.63, 3.8) is 0 Å². The number of hydrogen-bond donors (Lipinski definition) is 0. The molecule has 27 heavy (non-hydrogen) atoms. The van der Waals surface area contributed by atoms with Crippen LogP contribution in [-0.2, 0) is 22.7 Å². The first-order valence-electron chi connectivity index (χ1n) is 7.88. The topological polar surface area (TPSA) is 55.8 Å². The summed E-state index contributed by atoms with van der Waals surface area (Å²) in [7, 11) is -4.25. The van der Waals surface area contributed by atoms with Gasteiger partial charge in [-0.3, -0.25) is 0 Å². The SMILES string of the molecule is CCN(Cc1ccc2c(c1)OCO2)S(=O)(=O)c1cc(C(F)(F)F)ccc1Cl. The molecule has 1 aliphatic rings. The zero-order chi connectivity index (χ0) is 19.8. The highest BCUT2D eigenvalue weighted by atomic mass is 35.5. The quantitative estimate of drug-likeness (QED) is 0.722. The van der Waals surface area contributed by atoms with Crippen LogP contribution in [0, 0.1) is 0 Å². The van der Waals surface area contributed by atoms with Gasteiger partial charge in [-0.15, -0.1) is 0 Å². The lowest BCUT2D eigenvalue weighted by molar-refractivity contribution is -0.137. The zero-order valence-corrected chi connectivity index (χ0v) is 15.7. The zero-order valence-electron chi connectivity index (χ0n) is 14.1. The van der Waals surface area contributed by atoms with Crippen molar-refractivity contribution < 1.29 is 31.1 Å². The van der Waals surface area contributed by atoms with Crippen LogP contribution in [0.5, 0.6) is 11.5 Å². The molecule has 0 amide bonds. The van der Waals surface area contributed by atoms with Gasteiger partial charge in [-0.05, 0) is 35.9 Å². The van der Waals surface area contributed by atoms with Crippen LogP contribution < -0.4 is 9.47 Å². The maximum atomic E-state index is 13.0. The highest BCUT2D eigenvalue weighted by molar-refractivity contribution is 7.89. The highest BCUT2D eigenvalue weighted by Crippen LogP contribution is 2.36. The Labute approximate surface area is 159 Å². The molecule has 3 rings (SSSR count). The summed E-state index contributed by atoms with van der Waals surface area (Å²) in [6.45, 7) is 1.66. The first-order chi connectivity index (χ1) is 12.6. The minimum atomic E-state index is -4.68. The predicted molar refractivity (Wildman–Crippen MR) is 92.3 cm³/mol. The van der Waals surface area contributed by atoms with Crippen LogP contribution in [0.15, 0.2) is 41.3 Å². The molecule has 0 atom stereocenters. The van der Waals surface area contributed by atoms with Crippen LogP contribution in [0.3, 0.4) is 0 Å². The van der Waals surface area contributed by atoms with Crippen molar-refractivity contribution in [1.82, 2.24) is 4.31 Å². The summed E-state index contributed by atoms with van der Waals surface area (Å²) in [6.07, 6.45) is -4.68. The van der Waals surface area contributed by atoms with E-state index in [1.807, 2.05) is 0 Å². The average molecular weight is 422 g/mol. The maximum absolute atomic E-state index is 13.0. The summed E-state index contributed by atoms with van der Waals surface area (Å²) in [5.41, 5.74) is -0.475. The van der Waals surface area contributed by atoms with Crippen molar-refractivity contribution in [3.05, 3.63) is 52.5 Å². The van der Waals surface area contributed by atoms with Crippen LogP contribution in [-0.4, -0.2) is 26.1 Å². The number of hydrogen-bond acceptors (Lipinski definition) is 4. The molecular weight excluding hydrogens is 407 g/mol. The van der Waals surface area contributed by atoms with Gasteiger partial charge in [-0.1, -0.05) is 24.6 Å². The minimum absolute atomic E-state index is 0.0450. The molecule has 0 radical (unpaired) electrons. The second-order valence-electron chi connectivity index (χ2n) is 5.76. The smallest absolute Gasteiger partial charge is 0.416 e. The second-order valence-corrected chi connectivity index (χ2v) is 8.08. The molecule has 2 aromatic carbocycles. The molecule has 10 heteroatoms. The fourth-order valence-corrected chi connectivity index (χ4v) is 4.56. The number of fused-ring (bicyclic) bond motifs is 1. The van der Waals surface area contributed by atoms with E-state index < -0.39 is 26.7 Å². The summed E-state index contributed by atoms with van der Waals surface area (Å²) in [5, 5.41) is -0.271. The molecule has 2 aromatic rings. The highest BCUT2D eigenvalue weighted by Gasteiger charge is 2.34. The normalized spacial score (nSPS) is 14.0. The van der Waals surface area contributed by atoms with Crippen molar-refractivity contribution in [3.8, 4) is 11.5 Å². The number of rotatable bonds is 5. The minimum Gasteiger partial charge on any atom is -0.454 e. The second kappa shape index (κ2) is 7.21. The Bertz CT molecular complexity index is 963. The van der Waals surface area contributed by atoms with E-state index >= 15 is 0 Å². The van der Waals surface area contributed by atoms with Gasteiger partial charge in [0.2, 0.25) is 16.8 Å². The summed E-state index contributed by atoms with van der Waals surface area (Å²) >= 11 is 5.90. The van der Waals surface area contributed by atoms with E-state index in [0.717, 1.165) is 16.4 Å². The van der Waals surface area contributed by atoms with Crippen LogP contribution in [0.2, 0.25) is 5.02 Å². The van der Waals surface area contributed by atoms with Gasteiger partial charge in [-0.25, -0.2) is 8.42 Å². The first-order valence-corrected chi connectivity index (χ1v) is 9.70. The number of benzene rings is 2. The molecule has 0 saturated heterocycles. The van der Waals surface area contributed by atoms with Gasteiger partial charge in [0.1, 0.15) is 4.90 Å². The number of sulfonamides is 1. The summed E-state index contributed by atoms with van der Waals surface area (Å²) in [4.78, 5) is -0.582. The fraction of sp³-hybridized carbons (Fsp3) is 0.294. The van der Waals surface area contributed by atoms with E-state index in [2.05, 4.69) is 0 Å². The van der Waals surface area contributed by atoms with Gasteiger partial charge in [0.05, 0.1) is 10.6 Å². The van der Waals surface area contributed by atoms with E-state index in [9.17, 15) is 21.6 Å². The Kier molecular flexibility index (Phi) is 5.29. The van der Waals surface area contributed by atoms with Crippen molar-refractivity contribution in [2.45, 2.75) is 24.5 Å². The molecule has 0 unspecified atom stereocenters. The molecule has 0 spiro atoms. The molecule has 146 valence electrons. The Balaban J connectivity index is 1.95. The Morgan fingerprint density at radius 1 is 1.11 bits per heavy atom. The van der Waals surface area contributed by atoms with Gasteiger partial charge in [0.15, 0.2) is 11.5 Å². The Morgan fingerprint density at radius 2 is 1.81 bits per heavy atom. The largest absolute Gasteiger partial charge is 0.454 e. The number of nitrogens with zero attached hydrogens (tertiary/aromatic N) is 1. The third-order valence-corrected chi connectivity index (χ3v) is 6.43. The van der Waals surface area contributed by atoms with Gasteiger partial charge >= 0.3 is 6.18 Å². The molecule has 5 nitrogen and oxygen atoms in total. The van der Waals surface area contributed by atoms with Gasteiger partial charge in [0.25, 0.3) is 0 Å². The lowest BCUT2D eigenvalue weighted by atomic mass is 10.2. The summed E-state index contributed by atoms with van der Waals surface area (Å²) in [5.74, 6) is 1.03. The lowest BCUT2D eigenvalue weighted by Crippen LogP contribution is -2.31. The molecule has 0 saturated carbocycles. The van der Waals surface area contributed by atoms with Crippen LogP contribution in [0.4, 0.5) is 13.2 Å². The number of ether oxygens (including phenoxy) is 2. The molecule has 0 aromatic heterocycles. The Hall–Kier alpha value is -1.97. The Morgan fingerprint density at radius 3 is 2.48 bits per heavy atom. The predicted octanol–water partition coefficient (Wildman–Crippen LogP) is 4.30. The number of halogens is 4. The van der Waals surface area contributed by atoms with Gasteiger partial charge < -0.3 is 9.47 Å². The molecule has 0 N–H and O–H groups in total. The third-order valence-electron chi connectivity index (χ3n) is 4.02. The van der Waals surface area contributed by atoms with Crippen LogP contribution in [0.1, 0.15) is 18.1 Å². The first kappa shape index (κ1) is 19.8. The monoisotopic (exact) mass is 421 g/mol. The van der Waals surface area contributed by atoms with Crippen molar-refractivity contribution in [2.24, 2.45) is 0 Å². The van der Waals surface area contributed by atoms with Crippen molar-refractivity contribution in [1.29, 1.82) is 0 Å². The van der Waals surface area contributed by atoms with E-state index in [-0.39, 0.29) is 24.9 Å². The van der Waals surface area contributed by atoms with Crippen LogP contribution in [0.25, 0.3) is 0 Å². The molecule has 0 fully saturated rings. The molecule has 0 bridgehead atoms. The summed E-state index contributed by atoms with van der Waals surface area (Å²) < 4.78 is 76.3. The maximum Gasteiger partial charge on any atom is 0.416 e. The number of alkyl halides is 3. The van der Waals surface area contributed by atoms with Crippen LogP contribution >= 0.6 is 11.6 Å². The van der Waals surface area contributed by atoms with E-state index in [4.69, 9.17) is 21.1 Å². The molecule has 0 aliphatic carbocycles. The molecule has 1 aliphatic heterocycles. The van der Waals surface area contributed by atoms with Crippen molar-refractivity contribution >= 4 is 21.6 Å². The van der Waals surface area contributed by atoms with Gasteiger partial charge in [-0.2, -0.15) is 17.5 Å². The fourth-order valence-electron chi connectivity index (χ4n) is 2.63. The molecular formula is C17H15ClF3NO4S. The van der Waals surface area contributed by atoms with E-state index in [1.165, 1.54) is 0 Å². The standard InChI is InChI=1S/C17H15ClF3NO4S/c1-2-22(9-11-3-6-14-15(7-11)26-10-25-14)27(23,24)16-8-12(17(19,20)21)4-5-13(16)18/h3-8H,2,9-10H2,1H3. The van der Waals surface area contributed by atoms with Crippen molar-refractivity contribution in [2.75, 3.05) is 13.3 Å². The van der Waals surface area contributed by atoms with Gasteiger partial charge in [0, 0.05) is 13.1 Å². The van der Waals surface area contributed by atoms with E-state index in [1.54, 1.807) is 25.1 Å². The van der Waals surface area contributed by atoms with E-state index in [0.29, 0.717) is 23.1 Å². The summed E-state index contributed by atoms with van der Waals surface area (Å²) in [6, 6.07) is 7.18. The third kappa shape index (κ3) is 3.99. The average Bonchev–Trinajstić information content (AvgIpc) is 3.06. The lowest BCUT2D eigenvalue weighted by Gasteiger charge is -2.22.